The Hall–Kier alpha value is -10.9. The molecule has 11 aromatic carbocycles. The van der Waals surface area contributed by atoms with Crippen LogP contribution in [0, 0.1) is 58.2 Å². The molecule has 4 heterocycles. The third kappa shape index (κ3) is 7.38. The van der Waals surface area contributed by atoms with Gasteiger partial charge in [-0.15, -0.1) is 0 Å². The molecule has 0 N–H and O–H groups in total. The predicted octanol–water partition coefficient (Wildman–Crippen LogP) is 18.6. The zero-order chi connectivity index (χ0) is 58.9. The van der Waals surface area contributed by atoms with Gasteiger partial charge in [0.1, 0.15) is 0 Å². The van der Waals surface area contributed by atoms with Crippen LogP contribution in [-0.2, 0) is 5.41 Å². The fourth-order valence-electron chi connectivity index (χ4n) is 12.7. The summed E-state index contributed by atoms with van der Waals surface area (Å²) in [4.78, 5) is 14.6. The van der Waals surface area contributed by atoms with Crippen molar-refractivity contribution in [2.45, 2.75) is 5.41 Å². The molecule has 0 spiro atoms. The Morgan fingerprint density at radius 2 is 0.570 bits per heavy atom. The minimum atomic E-state index is -2.55. The topological polar surface area (TPSA) is 51.8 Å². The number of anilines is 3. The summed E-state index contributed by atoms with van der Waals surface area (Å²) in [6, 6.07) is 69.8. The smallest absolute Gasteiger partial charge is 0.200 e. The van der Waals surface area contributed by atoms with E-state index in [2.05, 4.69) is 56.3 Å². The number of nitrogens with zero attached hydrogens (tertiary/aromatic N) is 6. The van der Waals surface area contributed by atoms with E-state index in [-0.39, 0.29) is 5.56 Å². The van der Waals surface area contributed by atoms with Crippen molar-refractivity contribution in [1.29, 1.82) is 0 Å². The number of hydrogen-bond acceptors (Lipinski definition) is 4. The van der Waals surface area contributed by atoms with Crippen molar-refractivity contribution in [2.75, 3.05) is 4.90 Å². The number of para-hydroxylation sites is 6. The summed E-state index contributed by atoms with van der Waals surface area (Å²) >= 11 is 0. The van der Waals surface area contributed by atoms with E-state index in [0.717, 1.165) is 43.8 Å². The molecule has 16 heteroatoms. The lowest BCUT2D eigenvalue weighted by Gasteiger charge is -2.47. The zero-order valence-corrected chi connectivity index (χ0v) is 44.2. The average Bonchev–Trinajstić information content (AvgIpc) is 0.912. The van der Waals surface area contributed by atoms with Gasteiger partial charge in [-0.1, -0.05) is 170 Å². The van der Waals surface area contributed by atoms with Gasteiger partial charge in [0.2, 0.25) is 11.6 Å². The van der Waals surface area contributed by atoms with Crippen molar-refractivity contribution < 1.29 is 43.9 Å². The van der Waals surface area contributed by atoms with E-state index in [1.165, 1.54) is 0 Å². The summed E-state index contributed by atoms with van der Waals surface area (Å²) in [6.07, 6.45) is 0. The molecular weight excluding hydrogens is 1110 g/mol. The molecule has 6 nitrogen and oxygen atoms in total. The highest BCUT2D eigenvalue weighted by Crippen LogP contribution is 2.60. The maximum Gasteiger partial charge on any atom is 0.200 e. The molecule has 0 aliphatic carbocycles. The number of rotatable bonds is 8. The van der Waals surface area contributed by atoms with Crippen LogP contribution in [-0.4, -0.2) is 24.1 Å². The molecule has 0 bridgehead atoms. The Morgan fingerprint density at radius 3 is 0.930 bits per heavy atom. The summed E-state index contributed by atoms with van der Waals surface area (Å²) in [5.74, 6) is -28.2. The van der Waals surface area contributed by atoms with Crippen LogP contribution in [0.1, 0.15) is 22.3 Å². The fraction of sp³-hybridized carbons (Fsp3) is 0.0143. The Labute approximate surface area is 481 Å². The average molecular weight is 1150 g/mol. The van der Waals surface area contributed by atoms with Crippen LogP contribution in [0.15, 0.2) is 218 Å². The molecule has 86 heavy (non-hydrogen) atoms. The van der Waals surface area contributed by atoms with E-state index < -0.39 is 92.2 Å². The molecule has 3 aromatic heterocycles. The van der Waals surface area contributed by atoms with Crippen LogP contribution in [0.2, 0.25) is 0 Å². The molecule has 416 valence electrons. The number of fused-ring (bicyclic) bond motifs is 8. The molecule has 0 radical (unpaired) electrons. The lowest BCUT2D eigenvalue weighted by atomic mass is 9.62. The summed E-state index contributed by atoms with van der Waals surface area (Å²) in [6.45, 7) is 0. The molecule has 14 aromatic rings. The van der Waals surface area contributed by atoms with Crippen LogP contribution in [0.5, 0.6) is 0 Å². The van der Waals surface area contributed by atoms with Crippen molar-refractivity contribution in [3.05, 3.63) is 299 Å². The molecule has 0 unspecified atom stereocenters. The molecule has 0 amide bonds. The van der Waals surface area contributed by atoms with Gasteiger partial charge < -0.3 is 14.0 Å². The van der Waals surface area contributed by atoms with Crippen molar-refractivity contribution in [1.82, 2.24) is 24.1 Å². The predicted molar refractivity (Wildman–Crippen MR) is 311 cm³/mol. The maximum atomic E-state index is 16.2. The monoisotopic (exact) mass is 1150 g/mol. The van der Waals surface area contributed by atoms with Gasteiger partial charge >= 0.3 is 0 Å². The number of benzene rings is 11. The fourth-order valence-corrected chi connectivity index (χ4v) is 12.7. The molecule has 1 aliphatic rings. The lowest BCUT2D eigenvalue weighted by Crippen LogP contribution is -2.38. The van der Waals surface area contributed by atoms with Crippen molar-refractivity contribution in [2.24, 2.45) is 0 Å². The molecule has 1 aliphatic heterocycles. The first-order chi connectivity index (χ1) is 41.9. The van der Waals surface area contributed by atoms with E-state index in [1.54, 1.807) is 12.1 Å². The third-order valence-corrected chi connectivity index (χ3v) is 16.2. The maximum absolute atomic E-state index is 16.2. The second kappa shape index (κ2) is 19.6. The van der Waals surface area contributed by atoms with E-state index in [4.69, 9.17) is 0 Å². The first-order valence-corrected chi connectivity index (χ1v) is 26.9. The van der Waals surface area contributed by atoms with E-state index in [9.17, 15) is 8.78 Å². The summed E-state index contributed by atoms with van der Waals surface area (Å²) < 4.78 is 160. The highest BCUT2D eigenvalue weighted by atomic mass is 19.2. The van der Waals surface area contributed by atoms with E-state index in [1.807, 2.05) is 179 Å². The minimum absolute atomic E-state index is 0.151. The Morgan fingerprint density at radius 1 is 0.279 bits per heavy atom. The molecule has 0 fully saturated rings. The van der Waals surface area contributed by atoms with Crippen LogP contribution >= 0.6 is 0 Å². The Bertz CT molecular complexity index is 4680. The number of hydrogen-bond donors (Lipinski definition) is 0. The van der Waals surface area contributed by atoms with Gasteiger partial charge in [-0.25, -0.2) is 58.9 Å². The number of aromatic nitrogens is 5. The van der Waals surface area contributed by atoms with Gasteiger partial charge in [0.15, 0.2) is 64.0 Å². The lowest BCUT2D eigenvalue weighted by molar-refractivity contribution is 0.380. The normalized spacial score (nSPS) is 12.8. The first-order valence-electron chi connectivity index (χ1n) is 26.9. The largest absolute Gasteiger partial charge is 0.307 e. The summed E-state index contributed by atoms with van der Waals surface area (Å²) in [7, 11) is 0. The van der Waals surface area contributed by atoms with E-state index in [0.29, 0.717) is 50.5 Å². The highest BCUT2D eigenvalue weighted by Gasteiger charge is 2.47. The second-order valence-electron chi connectivity index (χ2n) is 20.7. The minimum Gasteiger partial charge on any atom is -0.307 e. The van der Waals surface area contributed by atoms with Crippen molar-refractivity contribution in [3.63, 3.8) is 0 Å². The van der Waals surface area contributed by atoms with Gasteiger partial charge in [-0.2, -0.15) is 0 Å². The third-order valence-electron chi connectivity index (χ3n) is 16.2. The Kier molecular flexibility index (Phi) is 11.9. The van der Waals surface area contributed by atoms with Crippen molar-refractivity contribution in [3.8, 4) is 45.5 Å². The van der Waals surface area contributed by atoms with Crippen LogP contribution in [0.4, 0.5) is 61.0 Å². The van der Waals surface area contributed by atoms with Gasteiger partial charge in [0, 0.05) is 27.1 Å². The molecule has 0 saturated carbocycles. The first kappa shape index (κ1) is 52.0. The summed E-state index contributed by atoms with van der Waals surface area (Å²) in [5, 5.41) is 3.19. The van der Waals surface area contributed by atoms with Crippen molar-refractivity contribution >= 4 is 60.7 Å². The zero-order valence-electron chi connectivity index (χ0n) is 44.2. The van der Waals surface area contributed by atoms with Gasteiger partial charge in [0.25, 0.3) is 0 Å². The highest BCUT2D eigenvalue weighted by molar-refractivity contribution is 6.13. The van der Waals surface area contributed by atoms with Crippen LogP contribution < -0.4 is 4.90 Å². The van der Waals surface area contributed by atoms with Crippen LogP contribution in [0.25, 0.3) is 89.2 Å². The number of halogens is 10. The molecule has 0 saturated heterocycles. The Balaban J connectivity index is 1.16. The van der Waals surface area contributed by atoms with E-state index >= 15 is 35.1 Å². The standard InChI is InChI=1S/C70H36F10N6/c71-56-54(57(72)61(76)64(79)60(56)75)68-81-67(82-69(83-68)55-58(73)62(77)65(80)63(78)59(55)74)37-35-52(84-46-29-13-7-23-40(46)41-24-8-14-30-47(41)84)66(53(36-37)85-48-31-15-9-25-42(48)43-26-10-16-32-49(43)85)86-50-33-17-11-27-44(50)70(38-19-3-1-4-20-38,39-21-5-2-6-22-39)45-28-12-18-34-51(45)86/h1-36H. The van der Waals surface area contributed by atoms with Gasteiger partial charge in [-0.05, 0) is 70.8 Å². The summed E-state index contributed by atoms with van der Waals surface area (Å²) in [5.41, 5.74) is 4.13. The molecule has 15 rings (SSSR count). The quantitative estimate of drug-likeness (QED) is 0.0864. The second-order valence-corrected chi connectivity index (χ2v) is 20.7. The molecule has 0 atom stereocenters. The van der Waals surface area contributed by atoms with Crippen LogP contribution in [0.3, 0.4) is 0 Å². The molecular formula is C70H36F10N6. The van der Waals surface area contributed by atoms with Gasteiger partial charge in [0.05, 0.1) is 67.0 Å². The van der Waals surface area contributed by atoms with Gasteiger partial charge in [-0.3, -0.25) is 0 Å². The SMILES string of the molecule is Fc1c(F)c(F)c(-c2nc(-c3cc(-n4c5ccccc5c5ccccc54)c(N4c5ccccc5C(c5ccccc5)(c5ccccc5)c5ccccc54)c(-n4c5ccccc5c5ccccc54)c3)nc(-c3c(F)c(F)c(F)c(F)c3F)n2)c(F)c1F.